The Balaban J connectivity index is 0.00000264. The molecule has 0 spiro atoms. The topological polar surface area (TPSA) is 0 Å². The third kappa shape index (κ3) is 6.21. The zero-order valence-electron chi connectivity index (χ0n) is 17.7. The van der Waals surface area contributed by atoms with E-state index < -0.39 is 16.1 Å². The van der Waals surface area contributed by atoms with Crippen LogP contribution in [0.15, 0.2) is 46.6 Å². The molecule has 4 heteroatoms. The molecule has 0 aromatic carbocycles. The van der Waals surface area contributed by atoms with E-state index in [1.807, 2.05) is 0 Å². The number of hydrogen-bond acceptors (Lipinski definition) is 0. The minimum atomic E-state index is -1.02. The van der Waals surface area contributed by atoms with Gasteiger partial charge >= 0.3 is 18.9 Å². The Labute approximate surface area is 162 Å². The molecule has 0 aliphatic heterocycles. The normalized spacial score (nSPS) is 18.6. The molecule has 0 atom stereocenters. The maximum atomic E-state index is 2.50. The van der Waals surface area contributed by atoms with Gasteiger partial charge in [-0.25, -0.2) is 0 Å². The van der Waals surface area contributed by atoms with Crippen molar-refractivity contribution in [2.24, 2.45) is 0 Å². The van der Waals surface area contributed by atoms with Gasteiger partial charge in [0.15, 0.2) is 0 Å². The Kier molecular flexibility index (Phi) is 7.45. The summed E-state index contributed by atoms with van der Waals surface area (Å²) in [5, 5.41) is 0. The van der Waals surface area contributed by atoms with Crippen molar-refractivity contribution in [3.8, 4) is 0 Å². The van der Waals surface area contributed by atoms with Crippen LogP contribution < -0.4 is 18.9 Å². The summed E-state index contributed by atoms with van der Waals surface area (Å²) in [6.45, 7) is 15.0. The molecule has 0 aromatic rings. The third-order valence-electron chi connectivity index (χ3n) is 4.63. The van der Waals surface area contributed by atoms with Crippen LogP contribution in [0, 0.1) is 0 Å². The van der Waals surface area contributed by atoms with Gasteiger partial charge in [-0.1, -0.05) is 85.9 Å². The van der Waals surface area contributed by atoms with Gasteiger partial charge in [0, 0.05) is 26.4 Å². The van der Waals surface area contributed by atoms with E-state index >= 15 is 0 Å². The van der Waals surface area contributed by atoms with Crippen LogP contribution >= 0.6 is 0 Å². The van der Waals surface area contributed by atoms with Crippen LogP contribution in [0.2, 0.25) is 56.9 Å². The fraction of sp³-hybridized carbons (Fsp3) is 0.579. The summed E-state index contributed by atoms with van der Waals surface area (Å²) in [6.07, 6.45) is 12.2. The first-order valence-electron chi connectivity index (χ1n) is 8.84. The smallest absolute Gasteiger partial charge is 1.00 e. The fourth-order valence-electron chi connectivity index (χ4n) is 3.74. The molecule has 0 unspecified atom stereocenters. The Morgan fingerprint density at radius 1 is 0.870 bits per heavy atom. The predicted molar refractivity (Wildman–Crippen MR) is 113 cm³/mol. The van der Waals surface area contributed by atoms with Crippen LogP contribution in [0.1, 0.15) is 14.3 Å². The quantitative estimate of drug-likeness (QED) is 0.643. The molecule has 0 saturated carbocycles. The molecular formula is C19H35LiSi3. The van der Waals surface area contributed by atoms with E-state index in [1.54, 1.807) is 22.3 Å². The second-order valence-corrected chi connectivity index (χ2v) is 21.6. The Morgan fingerprint density at radius 2 is 1.22 bits per heavy atom. The summed E-state index contributed by atoms with van der Waals surface area (Å²) in [5.41, 5.74) is 7.74. The van der Waals surface area contributed by atoms with Crippen LogP contribution in [0.25, 0.3) is 0 Å². The molecule has 0 amide bonds. The van der Waals surface area contributed by atoms with Crippen molar-refractivity contribution in [2.75, 3.05) is 0 Å². The SMILES string of the molecule is C[Si](C)(C)CC1=C(C([SiH3])C2=C(C[Si](C)(C)C)C=CC2)CC=C1.[H-].[Li+]. The number of rotatable bonds is 6. The summed E-state index contributed by atoms with van der Waals surface area (Å²) < 4.78 is 0. The summed E-state index contributed by atoms with van der Waals surface area (Å²) >= 11 is 0. The molecule has 2 aliphatic carbocycles. The van der Waals surface area contributed by atoms with Crippen molar-refractivity contribution >= 4 is 26.4 Å². The molecule has 0 N–H and O–H groups in total. The van der Waals surface area contributed by atoms with Crippen molar-refractivity contribution in [2.45, 2.75) is 69.8 Å². The molecule has 0 bridgehead atoms. The monoisotopic (exact) mass is 354 g/mol. The Morgan fingerprint density at radius 3 is 1.52 bits per heavy atom. The van der Waals surface area contributed by atoms with E-state index in [-0.39, 0.29) is 20.3 Å². The van der Waals surface area contributed by atoms with Gasteiger partial charge in [0.05, 0.1) is 0 Å². The molecule has 124 valence electrons. The first-order chi connectivity index (χ1) is 10.1. The van der Waals surface area contributed by atoms with Crippen LogP contribution in [0.5, 0.6) is 0 Å². The first-order valence-corrected chi connectivity index (χ1v) is 17.4. The van der Waals surface area contributed by atoms with Gasteiger partial charge in [-0.05, 0) is 30.5 Å². The molecular weight excluding hydrogens is 319 g/mol. The largest absolute Gasteiger partial charge is 1.00 e. The van der Waals surface area contributed by atoms with Gasteiger partial charge < -0.3 is 1.43 Å². The molecule has 0 heterocycles. The van der Waals surface area contributed by atoms with E-state index in [9.17, 15) is 0 Å². The molecule has 0 nitrogen and oxygen atoms in total. The summed E-state index contributed by atoms with van der Waals surface area (Å²) in [4.78, 5) is 0. The Bertz CT molecular complexity index is 510. The van der Waals surface area contributed by atoms with Crippen molar-refractivity contribution in [1.82, 2.24) is 0 Å². The molecule has 0 saturated heterocycles. The fourth-order valence-corrected chi connectivity index (χ4v) is 7.93. The van der Waals surface area contributed by atoms with Crippen molar-refractivity contribution in [3.05, 3.63) is 46.6 Å². The average Bonchev–Trinajstić information content (AvgIpc) is 2.93. The molecule has 2 aliphatic rings. The molecule has 0 aromatic heterocycles. The van der Waals surface area contributed by atoms with E-state index in [0.717, 1.165) is 5.54 Å². The van der Waals surface area contributed by atoms with Crippen LogP contribution in [-0.4, -0.2) is 26.4 Å². The zero-order chi connectivity index (χ0) is 16.5. The standard InChI is InChI=1S/C19H34Si3.Li.H/c1-21(2,3)13-15-9-7-11-17(15)19(20)18-12-8-10-16(18)14-22(4,5)6;;/h7-10,19H,11-14H2,1-6,20H3;;/q;+1;-1. The maximum Gasteiger partial charge on any atom is 1.00 e. The number of hydrogen-bond donors (Lipinski definition) is 0. The average molecular weight is 355 g/mol. The van der Waals surface area contributed by atoms with Crippen LogP contribution in [0.3, 0.4) is 0 Å². The van der Waals surface area contributed by atoms with E-state index in [2.05, 4.69) is 63.6 Å². The first kappa shape index (κ1) is 21.3. The second kappa shape index (κ2) is 8.06. The maximum absolute atomic E-state index is 2.50. The summed E-state index contributed by atoms with van der Waals surface area (Å²) in [7, 11) is -0.778. The van der Waals surface area contributed by atoms with Crippen LogP contribution in [-0.2, 0) is 0 Å². The van der Waals surface area contributed by atoms with Gasteiger partial charge in [-0.3, -0.25) is 0 Å². The molecule has 0 radical (unpaired) electrons. The predicted octanol–water partition coefficient (Wildman–Crippen LogP) is 2.45. The molecule has 2 rings (SSSR count). The Hall–Kier alpha value is 0.208. The van der Waals surface area contributed by atoms with Gasteiger partial charge in [0.25, 0.3) is 0 Å². The summed E-state index contributed by atoms with van der Waals surface area (Å²) in [5.74, 6) is 0. The zero-order valence-corrected chi connectivity index (χ0v) is 20.7. The second-order valence-electron chi connectivity index (χ2n) is 9.51. The van der Waals surface area contributed by atoms with Crippen molar-refractivity contribution in [1.29, 1.82) is 0 Å². The minimum absolute atomic E-state index is 0. The minimum Gasteiger partial charge on any atom is -1.00 e. The molecule has 23 heavy (non-hydrogen) atoms. The third-order valence-corrected chi connectivity index (χ3v) is 8.90. The van der Waals surface area contributed by atoms with E-state index in [4.69, 9.17) is 0 Å². The van der Waals surface area contributed by atoms with E-state index in [0.29, 0.717) is 0 Å². The van der Waals surface area contributed by atoms with Crippen molar-refractivity contribution < 1.29 is 20.3 Å². The van der Waals surface area contributed by atoms with Gasteiger partial charge in [0.2, 0.25) is 0 Å². The van der Waals surface area contributed by atoms with Crippen LogP contribution in [0.4, 0.5) is 0 Å². The van der Waals surface area contributed by atoms with Gasteiger partial charge in [-0.2, -0.15) is 0 Å². The van der Waals surface area contributed by atoms with Gasteiger partial charge in [-0.15, -0.1) is 0 Å². The number of allylic oxidation sites excluding steroid dienone is 8. The van der Waals surface area contributed by atoms with Gasteiger partial charge in [0.1, 0.15) is 0 Å². The molecule has 0 fully saturated rings. The summed E-state index contributed by atoms with van der Waals surface area (Å²) in [6, 6.07) is 2.73. The van der Waals surface area contributed by atoms with Crippen molar-refractivity contribution in [3.63, 3.8) is 0 Å². The van der Waals surface area contributed by atoms with E-state index in [1.165, 1.54) is 35.2 Å².